The Hall–Kier alpha value is -1.29. The van der Waals surface area contributed by atoms with Gasteiger partial charge in [-0.3, -0.25) is 9.13 Å². The first-order valence-corrected chi connectivity index (χ1v) is 6.31. The Labute approximate surface area is 111 Å². The van der Waals surface area contributed by atoms with Gasteiger partial charge in [0, 0.05) is 13.6 Å². The van der Waals surface area contributed by atoms with Crippen molar-refractivity contribution in [3.63, 3.8) is 0 Å². The fraction of sp³-hybridized carbons (Fsp3) is 0.538. The maximum absolute atomic E-state index is 12.3. The number of halogens is 1. The molecule has 0 aliphatic rings. The van der Waals surface area contributed by atoms with Gasteiger partial charge in [-0.1, -0.05) is 32.4 Å². The molecule has 0 fully saturated rings. The van der Waals surface area contributed by atoms with Crippen LogP contribution in [0.2, 0.25) is 5.15 Å². The van der Waals surface area contributed by atoms with Crippen molar-refractivity contribution < 1.29 is 0 Å². The van der Waals surface area contributed by atoms with Crippen molar-refractivity contribution in [1.82, 2.24) is 14.1 Å². The molecule has 2 aromatic rings. The van der Waals surface area contributed by atoms with Gasteiger partial charge in [0.2, 0.25) is 0 Å². The maximum Gasteiger partial charge on any atom is 0.330 e. The molecule has 0 aromatic carbocycles. The number of hydrogen-bond donors (Lipinski definition) is 0. The van der Waals surface area contributed by atoms with E-state index in [4.69, 9.17) is 11.6 Å². The number of aryl methyl sites for hydroxylation is 2. The van der Waals surface area contributed by atoms with Gasteiger partial charge in [0.05, 0.1) is 5.52 Å². The second-order valence-corrected chi connectivity index (χ2v) is 6.31. The normalized spacial score (nSPS) is 12.3. The third-order valence-electron chi connectivity index (χ3n) is 2.87. The number of nitrogens with zero attached hydrogens (tertiary/aromatic N) is 3. The van der Waals surface area contributed by atoms with E-state index in [0.29, 0.717) is 17.3 Å². The van der Waals surface area contributed by atoms with Crippen LogP contribution in [-0.2, 0) is 13.6 Å². The summed E-state index contributed by atoms with van der Waals surface area (Å²) in [6, 6.07) is 1.79. The summed E-state index contributed by atoms with van der Waals surface area (Å²) < 4.78 is 3.34. The molecule has 0 aliphatic carbocycles. The largest absolute Gasteiger partial charge is 0.330 e. The van der Waals surface area contributed by atoms with Crippen LogP contribution >= 0.6 is 11.6 Å². The van der Waals surface area contributed by atoms with Crippen molar-refractivity contribution in [2.75, 3.05) is 0 Å². The average Bonchev–Trinajstić information content (AvgIpc) is 2.42. The first kappa shape index (κ1) is 13.1. The molecule has 0 unspecified atom stereocenters. The summed E-state index contributed by atoms with van der Waals surface area (Å²) >= 11 is 5.95. The third-order valence-corrected chi connectivity index (χ3v) is 3.07. The number of hydrogen-bond acceptors (Lipinski definition) is 2. The summed E-state index contributed by atoms with van der Waals surface area (Å²) in [4.78, 5) is 16.5. The minimum absolute atomic E-state index is 0.0319. The maximum atomic E-state index is 12.3. The third kappa shape index (κ3) is 2.17. The van der Waals surface area contributed by atoms with Crippen LogP contribution in [-0.4, -0.2) is 14.1 Å². The Kier molecular flexibility index (Phi) is 3.01. The van der Waals surface area contributed by atoms with Crippen LogP contribution in [0.15, 0.2) is 10.9 Å². The van der Waals surface area contributed by atoms with Crippen molar-refractivity contribution >= 4 is 22.8 Å². The topological polar surface area (TPSA) is 39.8 Å². The molecule has 0 aliphatic heterocycles. The number of pyridine rings is 1. The van der Waals surface area contributed by atoms with E-state index in [1.54, 1.807) is 22.2 Å². The van der Waals surface area contributed by atoms with Gasteiger partial charge in [-0.15, -0.1) is 0 Å². The van der Waals surface area contributed by atoms with Crippen molar-refractivity contribution in [1.29, 1.82) is 0 Å². The zero-order chi connectivity index (χ0) is 13.7. The summed E-state index contributed by atoms with van der Waals surface area (Å²) in [6.45, 7) is 8.94. The highest BCUT2D eigenvalue weighted by Gasteiger charge is 2.19. The molecule has 2 heterocycles. The summed E-state index contributed by atoms with van der Waals surface area (Å²) in [5.74, 6) is 0. The van der Waals surface area contributed by atoms with E-state index < -0.39 is 0 Å². The summed E-state index contributed by atoms with van der Waals surface area (Å²) in [7, 11) is 1.73. The Morgan fingerprint density at radius 1 is 1.39 bits per heavy atom. The van der Waals surface area contributed by atoms with Crippen LogP contribution in [0.3, 0.4) is 0 Å². The van der Waals surface area contributed by atoms with Crippen molar-refractivity contribution in [2.24, 2.45) is 12.5 Å². The first-order chi connectivity index (χ1) is 8.20. The van der Waals surface area contributed by atoms with Crippen molar-refractivity contribution in [2.45, 2.75) is 34.2 Å². The SMILES string of the molecule is Cc1cc(Cl)nc2c1n(CC(C)(C)C)c(=O)n2C. The molecule has 2 rings (SSSR count). The fourth-order valence-corrected chi connectivity index (χ4v) is 2.41. The van der Waals surface area contributed by atoms with Crippen LogP contribution in [0.1, 0.15) is 26.3 Å². The van der Waals surface area contributed by atoms with Gasteiger partial charge in [0.25, 0.3) is 0 Å². The van der Waals surface area contributed by atoms with Crippen LogP contribution < -0.4 is 5.69 Å². The second kappa shape index (κ2) is 4.12. The van der Waals surface area contributed by atoms with Gasteiger partial charge in [-0.2, -0.15) is 0 Å². The lowest BCUT2D eigenvalue weighted by atomic mass is 9.97. The number of fused-ring (bicyclic) bond motifs is 1. The van der Waals surface area contributed by atoms with Gasteiger partial charge in [-0.05, 0) is 24.0 Å². The molecule has 2 aromatic heterocycles. The van der Waals surface area contributed by atoms with E-state index in [9.17, 15) is 4.79 Å². The van der Waals surface area contributed by atoms with Crippen molar-refractivity contribution in [3.8, 4) is 0 Å². The zero-order valence-corrected chi connectivity index (χ0v) is 12.2. The summed E-state index contributed by atoms with van der Waals surface area (Å²) in [6.07, 6.45) is 0. The predicted octanol–water partition coefficient (Wildman–Crippen LogP) is 2.74. The zero-order valence-electron chi connectivity index (χ0n) is 11.4. The van der Waals surface area contributed by atoms with Crippen LogP contribution in [0.4, 0.5) is 0 Å². The number of imidazole rings is 1. The highest BCUT2D eigenvalue weighted by molar-refractivity contribution is 6.29. The van der Waals surface area contributed by atoms with Gasteiger partial charge in [0.15, 0.2) is 5.65 Å². The molecule has 98 valence electrons. The molecule has 0 saturated carbocycles. The molecule has 5 heteroatoms. The number of rotatable bonds is 1. The van der Waals surface area contributed by atoms with E-state index >= 15 is 0 Å². The standard InChI is InChI=1S/C13H18ClN3O/c1-8-6-9(14)15-11-10(8)17(7-13(2,3)4)12(18)16(11)5/h6H,7H2,1-5H3. The highest BCUT2D eigenvalue weighted by Crippen LogP contribution is 2.23. The van der Waals surface area contributed by atoms with Gasteiger partial charge in [0.1, 0.15) is 5.15 Å². The van der Waals surface area contributed by atoms with E-state index in [1.165, 1.54) is 0 Å². The average molecular weight is 268 g/mol. The molecular weight excluding hydrogens is 250 g/mol. The lowest BCUT2D eigenvalue weighted by Crippen LogP contribution is -2.27. The van der Waals surface area contributed by atoms with Crippen molar-refractivity contribution in [3.05, 3.63) is 27.3 Å². The molecule has 0 amide bonds. The summed E-state index contributed by atoms with van der Waals surface area (Å²) in [5, 5.41) is 0.420. The molecular formula is C13H18ClN3O. The van der Waals surface area contributed by atoms with Crippen LogP contribution in [0.5, 0.6) is 0 Å². The van der Waals surface area contributed by atoms with Gasteiger partial charge >= 0.3 is 5.69 Å². The quantitative estimate of drug-likeness (QED) is 0.746. The minimum Gasteiger partial charge on any atom is -0.290 e. The smallest absolute Gasteiger partial charge is 0.290 e. The molecule has 0 N–H and O–H groups in total. The Balaban J connectivity index is 2.82. The fourth-order valence-electron chi connectivity index (χ4n) is 2.17. The molecule has 0 atom stereocenters. The molecule has 0 radical (unpaired) electrons. The Bertz CT molecular complexity index is 661. The van der Waals surface area contributed by atoms with E-state index in [-0.39, 0.29) is 11.1 Å². The Morgan fingerprint density at radius 2 is 2.00 bits per heavy atom. The lowest BCUT2D eigenvalue weighted by Gasteiger charge is -2.19. The summed E-state index contributed by atoms with van der Waals surface area (Å²) in [5.41, 5.74) is 2.49. The molecule has 18 heavy (non-hydrogen) atoms. The molecule has 0 spiro atoms. The minimum atomic E-state index is -0.0437. The molecule has 4 nitrogen and oxygen atoms in total. The van der Waals surface area contributed by atoms with Crippen LogP contribution in [0, 0.1) is 12.3 Å². The van der Waals surface area contributed by atoms with Crippen LogP contribution in [0.25, 0.3) is 11.2 Å². The lowest BCUT2D eigenvalue weighted by molar-refractivity contribution is 0.342. The number of aromatic nitrogens is 3. The monoisotopic (exact) mass is 267 g/mol. The molecule has 0 saturated heterocycles. The molecule has 0 bridgehead atoms. The Morgan fingerprint density at radius 3 is 2.56 bits per heavy atom. The second-order valence-electron chi connectivity index (χ2n) is 5.92. The van der Waals surface area contributed by atoms with Gasteiger partial charge in [-0.25, -0.2) is 9.78 Å². The first-order valence-electron chi connectivity index (χ1n) is 5.93. The van der Waals surface area contributed by atoms with E-state index in [0.717, 1.165) is 11.1 Å². The van der Waals surface area contributed by atoms with Gasteiger partial charge < -0.3 is 0 Å². The van der Waals surface area contributed by atoms with E-state index in [1.807, 2.05) is 6.92 Å². The predicted molar refractivity (Wildman–Crippen MR) is 74.2 cm³/mol. The van der Waals surface area contributed by atoms with E-state index in [2.05, 4.69) is 25.8 Å². The highest BCUT2D eigenvalue weighted by atomic mass is 35.5.